The molecule has 9 atom stereocenters. The Balaban J connectivity index is 1.57. The minimum Gasteiger partial charge on any atom is -0.393 e. The van der Waals surface area contributed by atoms with E-state index in [1.807, 2.05) is 0 Å². The number of hydrogen-bond donors (Lipinski definition) is 1. The molecule has 4 aliphatic rings. The van der Waals surface area contributed by atoms with Gasteiger partial charge < -0.3 is 9.90 Å². The molecule has 1 unspecified atom stereocenters. The highest BCUT2D eigenvalue weighted by Crippen LogP contribution is 2.68. The second-order valence-electron chi connectivity index (χ2n) is 12.5. The van der Waals surface area contributed by atoms with Crippen LogP contribution in [0.1, 0.15) is 98.8 Å². The molecular weight excluding hydrogens is 368 g/mol. The van der Waals surface area contributed by atoms with Gasteiger partial charge >= 0.3 is 0 Å². The third-order valence-corrected chi connectivity index (χ3v) is 10.5. The first-order valence-corrected chi connectivity index (χ1v) is 13.0. The maximum absolute atomic E-state index is 12.3. The normalized spacial score (nSPS) is 46.6. The van der Waals surface area contributed by atoms with Crippen LogP contribution in [0.25, 0.3) is 0 Å². The summed E-state index contributed by atoms with van der Waals surface area (Å²) in [5.74, 6) is 4.38. The van der Waals surface area contributed by atoms with Crippen LogP contribution in [0.4, 0.5) is 0 Å². The summed E-state index contributed by atoms with van der Waals surface area (Å²) in [4.78, 5) is 12.3. The van der Waals surface area contributed by atoms with Crippen LogP contribution in [0, 0.1) is 52.3 Å². The molecule has 0 aromatic rings. The van der Waals surface area contributed by atoms with E-state index in [4.69, 9.17) is 0 Å². The van der Waals surface area contributed by atoms with Gasteiger partial charge in [0.05, 0.1) is 6.10 Å². The maximum Gasteiger partial charge on any atom is 0.127 e. The molecule has 2 heteroatoms. The summed E-state index contributed by atoms with van der Waals surface area (Å²) in [6, 6.07) is 0. The molecular formula is C28H46O2. The molecule has 0 spiro atoms. The molecule has 0 saturated heterocycles. The molecule has 0 amide bonds. The minimum atomic E-state index is -0.204. The molecule has 2 nitrogen and oxygen atoms in total. The lowest BCUT2D eigenvalue weighted by atomic mass is 9.45. The Labute approximate surface area is 185 Å². The van der Waals surface area contributed by atoms with Gasteiger partial charge in [-0.05, 0) is 91.3 Å². The van der Waals surface area contributed by atoms with Gasteiger partial charge in [-0.3, -0.25) is 0 Å². The van der Waals surface area contributed by atoms with Crippen molar-refractivity contribution in [2.24, 2.45) is 52.3 Å². The van der Waals surface area contributed by atoms with Gasteiger partial charge in [-0.1, -0.05) is 65.5 Å². The molecule has 4 rings (SSSR count). The van der Waals surface area contributed by atoms with Gasteiger partial charge in [-0.2, -0.15) is 0 Å². The zero-order valence-corrected chi connectivity index (χ0v) is 20.2. The fraction of sp³-hybridized carbons (Fsp3) is 0.893. The molecule has 0 radical (unpaired) electrons. The van der Waals surface area contributed by atoms with Crippen molar-refractivity contribution in [3.05, 3.63) is 11.6 Å². The Bertz CT molecular complexity index is 666. The van der Waals surface area contributed by atoms with Crippen LogP contribution in [0.2, 0.25) is 0 Å². The highest BCUT2D eigenvalue weighted by molar-refractivity contribution is 5.59. The third kappa shape index (κ3) is 3.63. The molecule has 0 aromatic heterocycles. The molecule has 1 N–H and O–H groups in total. The topological polar surface area (TPSA) is 37.3 Å². The van der Waals surface area contributed by atoms with Crippen molar-refractivity contribution in [3.8, 4) is 0 Å². The number of aliphatic hydroxyl groups is 1. The van der Waals surface area contributed by atoms with Gasteiger partial charge in [0.25, 0.3) is 0 Å². The summed E-state index contributed by atoms with van der Waals surface area (Å²) < 4.78 is 0. The Morgan fingerprint density at radius 1 is 1.07 bits per heavy atom. The van der Waals surface area contributed by atoms with E-state index in [0.717, 1.165) is 37.0 Å². The fourth-order valence-electron chi connectivity index (χ4n) is 8.87. The zero-order valence-electron chi connectivity index (χ0n) is 20.2. The van der Waals surface area contributed by atoms with E-state index in [1.54, 1.807) is 0 Å². The van der Waals surface area contributed by atoms with Crippen LogP contribution in [0.5, 0.6) is 0 Å². The molecule has 4 aliphatic carbocycles. The SMILES string of the molecule is CC(C)CCC[C@@H](C)[C@H]1CC[C@H]2[C@@H]3C(C=O)C=C4C[C@@H](O)CC[C@]4(C)[C@H]3CC[C@]12C. The highest BCUT2D eigenvalue weighted by Gasteiger charge is 2.61. The predicted octanol–water partition coefficient (Wildman–Crippen LogP) is 6.81. The predicted molar refractivity (Wildman–Crippen MR) is 124 cm³/mol. The van der Waals surface area contributed by atoms with E-state index in [9.17, 15) is 9.90 Å². The first-order valence-electron chi connectivity index (χ1n) is 13.0. The van der Waals surface area contributed by atoms with Crippen molar-refractivity contribution in [1.29, 1.82) is 0 Å². The summed E-state index contributed by atoms with van der Waals surface area (Å²) in [5, 5.41) is 10.3. The third-order valence-electron chi connectivity index (χ3n) is 10.5. The fourth-order valence-corrected chi connectivity index (χ4v) is 8.87. The van der Waals surface area contributed by atoms with E-state index in [2.05, 4.69) is 40.7 Å². The van der Waals surface area contributed by atoms with Gasteiger partial charge in [0.15, 0.2) is 0 Å². The quantitative estimate of drug-likeness (QED) is 0.383. The van der Waals surface area contributed by atoms with Crippen molar-refractivity contribution < 1.29 is 9.90 Å². The molecule has 170 valence electrons. The number of fused-ring (bicyclic) bond motifs is 5. The van der Waals surface area contributed by atoms with Crippen LogP contribution in [0.15, 0.2) is 11.6 Å². The van der Waals surface area contributed by atoms with Crippen LogP contribution in [0.3, 0.4) is 0 Å². The summed E-state index contributed by atoms with van der Waals surface area (Å²) in [5.41, 5.74) is 2.03. The average molecular weight is 415 g/mol. The van der Waals surface area contributed by atoms with Crippen molar-refractivity contribution in [3.63, 3.8) is 0 Å². The van der Waals surface area contributed by atoms with Gasteiger partial charge in [-0.25, -0.2) is 0 Å². The van der Waals surface area contributed by atoms with Crippen LogP contribution in [-0.4, -0.2) is 17.5 Å². The van der Waals surface area contributed by atoms with Gasteiger partial charge in [0.1, 0.15) is 6.29 Å². The first kappa shape index (κ1) is 22.6. The summed E-state index contributed by atoms with van der Waals surface area (Å²) >= 11 is 0. The Kier molecular flexibility index (Phi) is 6.30. The summed E-state index contributed by atoms with van der Waals surface area (Å²) in [6.07, 6.45) is 15.6. The van der Waals surface area contributed by atoms with E-state index >= 15 is 0 Å². The van der Waals surface area contributed by atoms with Gasteiger partial charge in [0, 0.05) is 5.92 Å². The molecule has 0 aromatic carbocycles. The number of carbonyl (C=O) groups is 1. The molecule has 3 saturated carbocycles. The van der Waals surface area contributed by atoms with E-state index in [0.29, 0.717) is 23.2 Å². The number of allylic oxidation sites excluding steroid dienone is 1. The van der Waals surface area contributed by atoms with E-state index < -0.39 is 0 Å². The van der Waals surface area contributed by atoms with Crippen molar-refractivity contribution in [1.82, 2.24) is 0 Å². The highest BCUT2D eigenvalue weighted by atomic mass is 16.3. The van der Waals surface area contributed by atoms with Crippen LogP contribution in [-0.2, 0) is 4.79 Å². The average Bonchev–Trinajstić information content (AvgIpc) is 3.05. The number of aliphatic hydroxyl groups excluding tert-OH is 1. The smallest absolute Gasteiger partial charge is 0.127 e. The number of rotatable bonds is 6. The standard InChI is InChI=1S/C28H46O2/c1-18(2)7-6-8-19(3)23-9-10-24-26-20(17-29)15-21-16-22(30)11-13-27(21,4)25(26)12-14-28(23,24)5/h15,17-20,22-26,30H,6-14,16H2,1-5H3/t19-,20?,22+,23-,24+,25+,26+,27+,28-/m1/s1. The minimum absolute atomic E-state index is 0.0722. The number of hydrogen-bond acceptors (Lipinski definition) is 2. The first-order chi connectivity index (χ1) is 14.2. The van der Waals surface area contributed by atoms with Gasteiger partial charge in [-0.15, -0.1) is 0 Å². The van der Waals surface area contributed by atoms with Crippen LogP contribution < -0.4 is 0 Å². The Morgan fingerprint density at radius 2 is 1.83 bits per heavy atom. The Hall–Kier alpha value is -0.630. The van der Waals surface area contributed by atoms with Crippen molar-refractivity contribution >= 4 is 6.29 Å². The maximum atomic E-state index is 12.3. The molecule has 3 fully saturated rings. The van der Waals surface area contributed by atoms with Crippen molar-refractivity contribution in [2.75, 3.05) is 0 Å². The second kappa shape index (κ2) is 8.38. The van der Waals surface area contributed by atoms with E-state index in [1.165, 1.54) is 56.8 Å². The lowest BCUT2D eigenvalue weighted by Crippen LogP contribution is -2.53. The molecule has 0 aliphatic heterocycles. The van der Waals surface area contributed by atoms with Gasteiger partial charge in [0.2, 0.25) is 0 Å². The monoisotopic (exact) mass is 414 g/mol. The number of carbonyl (C=O) groups excluding carboxylic acids is 1. The van der Waals surface area contributed by atoms with Crippen molar-refractivity contribution in [2.45, 2.75) is 105 Å². The largest absolute Gasteiger partial charge is 0.393 e. The molecule has 30 heavy (non-hydrogen) atoms. The second-order valence-corrected chi connectivity index (χ2v) is 12.5. The molecule has 0 bridgehead atoms. The van der Waals surface area contributed by atoms with E-state index in [-0.39, 0.29) is 17.4 Å². The number of aldehydes is 1. The molecule has 0 heterocycles. The Morgan fingerprint density at radius 3 is 2.53 bits per heavy atom. The zero-order chi connectivity index (χ0) is 21.7. The summed E-state index contributed by atoms with van der Waals surface area (Å²) in [7, 11) is 0. The lowest BCUT2D eigenvalue weighted by Gasteiger charge is -2.59. The lowest BCUT2D eigenvalue weighted by molar-refractivity contribution is -0.120. The summed E-state index contributed by atoms with van der Waals surface area (Å²) in [6.45, 7) is 12.3. The van der Waals surface area contributed by atoms with Crippen LogP contribution >= 0.6 is 0 Å².